The molecule has 5 nitrogen and oxygen atoms in total. The molecule has 1 aromatic heterocycles. The molecule has 1 heterocycles. The van der Waals surface area contributed by atoms with Crippen LogP contribution in [0.1, 0.15) is 15.9 Å². The molecule has 0 aliphatic carbocycles. The van der Waals surface area contributed by atoms with E-state index in [0.717, 1.165) is 6.20 Å². The summed E-state index contributed by atoms with van der Waals surface area (Å²) in [7, 11) is 2.87. The smallest absolute Gasteiger partial charge is 0.383 e. The summed E-state index contributed by atoms with van der Waals surface area (Å²) in [4.78, 5) is 17.2. The molecule has 0 radical (unpaired) electrons. The van der Waals surface area contributed by atoms with Crippen molar-refractivity contribution in [3.05, 3.63) is 28.5 Å². The maximum atomic E-state index is 13.0. The fourth-order valence-corrected chi connectivity index (χ4v) is 1.88. The largest absolute Gasteiger partial charge is 0.417 e. The molecule has 0 atom stereocenters. The number of halogens is 4. The summed E-state index contributed by atoms with van der Waals surface area (Å²) in [6.07, 6.45) is -3.87. The van der Waals surface area contributed by atoms with Gasteiger partial charge in [0.2, 0.25) is 0 Å². The third kappa shape index (κ3) is 5.11. The van der Waals surface area contributed by atoms with Crippen LogP contribution in [-0.2, 0) is 15.7 Å². The Balaban J connectivity index is 3.12. The molecule has 1 amide bonds. The molecule has 0 aromatic carbocycles. The van der Waals surface area contributed by atoms with Gasteiger partial charge in [0.15, 0.2) is 0 Å². The van der Waals surface area contributed by atoms with E-state index in [-0.39, 0.29) is 31.5 Å². The van der Waals surface area contributed by atoms with Crippen molar-refractivity contribution in [3.8, 4) is 0 Å². The summed E-state index contributed by atoms with van der Waals surface area (Å²) in [5.41, 5.74) is -1.67. The van der Waals surface area contributed by atoms with E-state index in [2.05, 4.69) is 4.98 Å². The summed E-state index contributed by atoms with van der Waals surface area (Å²) < 4.78 is 48.9. The Bertz CT molecular complexity index is 504. The monoisotopic (exact) mass is 340 g/mol. The Hall–Kier alpha value is -1.38. The highest BCUT2D eigenvalue weighted by Gasteiger charge is 2.36. The minimum atomic E-state index is -4.70. The van der Waals surface area contributed by atoms with Crippen molar-refractivity contribution in [2.75, 3.05) is 40.5 Å². The van der Waals surface area contributed by atoms with Crippen molar-refractivity contribution >= 4 is 17.5 Å². The standard InChI is InChI=1S/C13H16ClF3N2O3/c1-21-5-3-19(4-6-22-2)12(20)9-8-18-11(14)7-10(9)13(15,16)17/h7-8H,3-6H2,1-2H3. The van der Waals surface area contributed by atoms with Gasteiger partial charge in [0.1, 0.15) is 5.15 Å². The van der Waals surface area contributed by atoms with E-state index >= 15 is 0 Å². The van der Waals surface area contributed by atoms with Gasteiger partial charge in [-0.1, -0.05) is 11.6 Å². The highest BCUT2D eigenvalue weighted by molar-refractivity contribution is 6.29. The van der Waals surface area contributed by atoms with Crippen LogP contribution >= 0.6 is 11.6 Å². The molecule has 124 valence electrons. The van der Waals surface area contributed by atoms with Gasteiger partial charge >= 0.3 is 6.18 Å². The zero-order chi connectivity index (χ0) is 16.8. The van der Waals surface area contributed by atoms with Crippen LogP contribution in [0.15, 0.2) is 12.3 Å². The van der Waals surface area contributed by atoms with E-state index in [1.807, 2.05) is 0 Å². The maximum absolute atomic E-state index is 13.0. The van der Waals surface area contributed by atoms with Gasteiger partial charge in [-0.25, -0.2) is 4.98 Å². The molecule has 0 N–H and O–H groups in total. The fourth-order valence-electron chi connectivity index (χ4n) is 1.72. The second kappa shape index (κ2) is 8.30. The minimum absolute atomic E-state index is 0.138. The van der Waals surface area contributed by atoms with Crippen LogP contribution < -0.4 is 0 Å². The number of hydrogen-bond donors (Lipinski definition) is 0. The van der Waals surface area contributed by atoms with E-state index in [4.69, 9.17) is 21.1 Å². The van der Waals surface area contributed by atoms with Crippen LogP contribution in [0.5, 0.6) is 0 Å². The number of carbonyl (C=O) groups excluding carboxylic acids is 1. The number of ether oxygens (including phenoxy) is 2. The van der Waals surface area contributed by atoms with Crippen molar-refractivity contribution in [2.24, 2.45) is 0 Å². The third-order valence-corrected chi connectivity index (χ3v) is 3.03. The number of aromatic nitrogens is 1. The molecule has 0 aliphatic rings. The summed E-state index contributed by atoms with van der Waals surface area (Å²) >= 11 is 5.50. The zero-order valence-corrected chi connectivity index (χ0v) is 12.9. The third-order valence-electron chi connectivity index (χ3n) is 2.82. The zero-order valence-electron chi connectivity index (χ0n) is 12.1. The first-order valence-corrected chi connectivity index (χ1v) is 6.69. The van der Waals surface area contributed by atoms with E-state index in [1.54, 1.807) is 0 Å². The van der Waals surface area contributed by atoms with Crippen molar-refractivity contribution in [2.45, 2.75) is 6.18 Å². The topological polar surface area (TPSA) is 51.7 Å². The van der Waals surface area contributed by atoms with Gasteiger partial charge in [0, 0.05) is 33.5 Å². The van der Waals surface area contributed by atoms with Crippen LogP contribution in [0.2, 0.25) is 5.15 Å². The molecule has 0 saturated carbocycles. The summed E-state index contributed by atoms with van der Waals surface area (Å²) in [6.45, 7) is 0.660. The molecule has 0 aliphatic heterocycles. The van der Waals surface area contributed by atoms with Crippen LogP contribution in [0.25, 0.3) is 0 Å². The lowest BCUT2D eigenvalue weighted by Crippen LogP contribution is -2.37. The first-order chi connectivity index (χ1) is 10.3. The van der Waals surface area contributed by atoms with Gasteiger partial charge in [0.25, 0.3) is 5.91 Å². The summed E-state index contributed by atoms with van der Waals surface area (Å²) in [5.74, 6) is -0.800. The average molecular weight is 341 g/mol. The molecule has 0 bridgehead atoms. The lowest BCUT2D eigenvalue weighted by molar-refractivity contribution is -0.138. The predicted molar refractivity (Wildman–Crippen MR) is 73.9 cm³/mol. The Morgan fingerprint density at radius 3 is 2.27 bits per heavy atom. The Morgan fingerprint density at radius 1 is 1.27 bits per heavy atom. The first kappa shape index (κ1) is 18.7. The number of carbonyl (C=O) groups is 1. The number of alkyl halides is 3. The second-order valence-electron chi connectivity index (χ2n) is 4.33. The lowest BCUT2D eigenvalue weighted by Gasteiger charge is -2.23. The summed E-state index contributed by atoms with van der Waals surface area (Å²) in [5, 5.41) is -0.329. The predicted octanol–water partition coefficient (Wildman–Crippen LogP) is 2.49. The molecule has 0 unspecified atom stereocenters. The number of nitrogens with zero attached hydrogens (tertiary/aromatic N) is 2. The second-order valence-corrected chi connectivity index (χ2v) is 4.72. The van der Waals surface area contributed by atoms with E-state index in [0.29, 0.717) is 6.07 Å². The molecule has 1 rings (SSSR count). The Labute approximate surface area is 131 Å². The number of pyridine rings is 1. The van der Waals surface area contributed by atoms with Crippen molar-refractivity contribution in [1.82, 2.24) is 9.88 Å². The quantitative estimate of drug-likeness (QED) is 0.716. The molecular weight excluding hydrogens is 325 g/mol. The number of amides is 1. The highest BCUT2D eigenvalue weighted by Crippen LogP contribution is 2.33. The first-order valence-electron chi connectivity index (χ1n) is 6.31. The van der Waals surface area contributed by atoms with Crippen LogP contribution in [0, 0.1) is 0 Å². The fraction of sp³-hybridized carbons (Fsp3) is 0.538. The van der Waals surface area contributed by atoms with Crippen molar-refractivity contribution in [3.63, 3.8) is 0 Å². The van der Waals surface area contributed by atoms with E-state index in [1.165, 1.54) is 19.1 Å². The minimum Gasteiger partial charge on any atom is -0.383 e. The van der Waals surface area contributed by atoms with Crippen LogP contribution in [0.3, 0.4) is 0 Å². The van der Waals surface area contributed by atoms with E-state index < -0.39 is 23.2 Å². The van der Waals surface area contributed by atoms with Gasteiger partial charge in [0.05, 0.1) is 24.3 Å². The Morgan fingerprint density at radius 2 is 1.82 bits per heavy atom. The molecule has 0 spiro atoms. The SMILES string of the molecule is COCCN(CCOC)C(=O)c1cnc(Cl)cc1C(F)(F)F. The Kier molecular flexibility index (Phi) is 7.05. The van der Waals surface area contributed by atoms with Crippen molar-refractivity contribution in [1.29, 1.82) is 0 Å². The molecule has 9 heteroatoms. The molecule has 22 heavy (non-hydrogen) atoms. The average Bonchev–Trinajstić information content (AvgIpc) is 2.46. The van der Waals surface area contributed by atoms with Gasteiger partial charge in [-0.2, -0.15) is 13.2 Å². The number of methoxy groups -OCH3 is 2. The normalized spacial score (nSPS) is 11.5. The van der Waals surface area contributed by atoms with Crippen molar-refractivity contribution < 1.29 is 27.4 Å². The summed E-state index contributed by atoms with van der Waals surface area (Å²) in [6, 6.07) is 0.639. The molecule has 0 fully saturated rings. The number of hydrogen-bond acceptors (Lipinski definition) is 4. The van der Waals surface area contributed by atoms with Crippen LogP contribution in [0.4, 0.5) is 13.2 Å². The van der Waals surface area contributed by atoms with Gasteiger partial charge in [-0.05, 0) is 6.07 Å². The highest BCUT2D eigenvalue weighted by atomic mass is 35.5. The van der Waals surface area contributed by atoms with Gasteiger partial charge in [-0.3, -0.25) is 4.79 Å². The number of rotatable bonds is 7. The van der Waals surface area contributed by atoms with Gasteiger partial charge < -0.3 is 14.4 Å². The van der Waals surface area contributed by atoms with Gasteiger partial charge in [-0.15, -0.1) is 0 Å². The lowest BCUT2D eigenvalue weighted by atomic mass is 10.1. The molecule has 0 saturated heterocycles. The van der Waals surface area contributed by atoms with Crippen LogP contribution in [-0.4, -0.2) is 56.3 Å². The molecular formula is C13H16ClF3N2O3. The maximum Gasteiger partial charge on any atom is 0.417 e. The van der Waals surface area contributed by atoms with E-state index in [9.17, 15) is 18.0 Å². The molecule has 1 aromatic rings.